The van der Waals surface area contributed by atoms with E-state index in [1.54, 1.807) is 54.9 Å². The molecule has 0 unspecified atom stereocenters. The van der Waals surface area contributed by atoms with Gasteiger partial charge in [-0.05, 0) is 24.3 Å². The van der Waals surface area contributed by atoms with Crippen molar-refractivity contribution in [3.05, 3.63) is 66.2 Å². The minimum atomic E-state index is -3.64. The zero-order valence-electron chi connectivity index (χ0n) is 14.4. The van der Waals surface area contributed by atoms with Gasteiger partial charge in [0, 0.05) is 47.8 Å². The summed E-state index contributed by atoms with van der Waals surface area (Å²) in [6.07, 6.45) is 4.20. The molecule has 3 heterocycles. The minimum absolute atomic E-state index is 0.256. The van der Waals surface area contributed by atoms with Crippen LogP contribution in [0, 0.1) is 0 Å². The Hall–Kier alpha value is -2.90. The first kappa shape index (κ1) is 16.3. The van der Waals surface area contributed by atoms with Gasteiger partial charge in [0.25, 0.3) is 0 Å². The maximum atomic E-state index is 13.2. The van der Waals surface area contributed by atoms with Crippen LogP contribution in [-0.2, 0) is 22.8 Å². The van der Waals surface area contributed by atoms with Crippen molar-refractivity contribution in [2.24, 2.45) is 0 Å². The third-order valence-electron chi connectivity index (χ3n) is 4.95. The number of benzene rings is 2. The predicted octanol–water partition coefficient (Wildman–Crippen LogP) is 3.30. The lowest BCUT2D eigenvalue weighted by molar-refractivity contribution is 0.501. The van der Waals surface area contributed by atoms with Gasteiger partial charge in [-0.25, -0.2) is 8.42 Å². The molecule has 0 saturated carbocycles. The largest absolute Gasteiger partial charge is 0.460 e. The first-order chi connectivity index (χ1) is 13.1. The Morgan fingerprint density at radius 3 is 2.70 bits per heavy atom. The summed E-state index contributed by atoms with van der Waals surface area (Å²) in [5.41, 5.74) is 3.26. The second-order valence-electron chi connectivity index (χ2n) is 6.58. The van der Waals surface area contributed by atoms with Crippen molar-refractivity contribution in [1.82, 2.24) is 15.5 Å². The van der Waals surface area contributed by atoms with E-state index in [1.807, 2.05) is 0 Å². The number of sulfone groups is 1. The van der Waals surface area contributed by atoms with Crippen molar-refractivity contribution in [1.29, 1.82) is 0 Å². The van der Waals surface area contributed by atoms with E-state index in [4.69, 9.17) is 4.42 Å². The Kier molecular flexibility index (Phi) is 3.66. The number of nitrogens with zero attached hydrogens (tertiary/aromatic N) is 1. The maximum absolute atomic E-state index is 13.2. The van der Waals surface area contributed by atoms with Crippen LogP contribution in [-0.4, -0.2) is 25.2 Å². The van der Waals surface area contributed by atoms with E-state index < -0.39 is 9.84 Å². The number of fused-ring (bicyclic) bond motifs is 3. The summed E-state index contributed by atoms with van der Waals surface area (Å²) in [4.78, 5) is 0.532. The quantitative estimate of drug-likeness (QED) is 0.570. The molecule has 4 aromatic rings. The number of furan rings is 1. The van der Waals surface area contributed by atoms with E-state index in [0.717, 1.165) is 40.8 Å². The molecule has 0 atom stereocenters. The molecule has 2 N–H and O–H groups in total. The smallest absolute Gasteiger partial charge is 0.206 e. The average Bonchev–Trinajstić information content (AvgIpc) is 3.36. The highest BCUT2D eigenvalue weighted by Gasteiger charge is 2.25. The standard InChI is InChI=1S/C20H17N3O3S/c24-27(25,14-4-2-1-3-5-14)15-8-16(13-10-22-23-11-13)20-17(9-15)18-12-21-7-6-19(18)26-20/h1-5,8-11,21H,6-7,12H2,(H,22,23). The van der Waals surface area contributed by atoms with Crippen molar-refractivity contribution in [3.8, 4) is 11.1 Å². The molecule has 5 rings (SSSR count). The molecular weight excluding hydrogens is 362 g/mol. The molecule has 0 bridgehead atoms. The number of hydrogen-bond acceptors (Lipinski definition) is 5. The van der Waals surface area contributed by atoms with Crippen molar-refractivity contribution < 1.29 is 12.8 Å². The van der Waals surface area contributed by atoms with Crippen LogP contribution in [0.2, 0.25) is 0 Å². The monoisotopic (exact) mass is 379 g/mol. The molecule has 2 aromatic carbocycles. The summed E-state index contributed by atoms with van der Waals surface area (Å²) in [5, 5.41) is 11.0. The molecule has 2 aromatic heterocycles. The summed E-state index contributed by atoms with van der Waals surface area (Å²) in [7, 11) is -3.64. The van der Waals surface area contributed by atoms with Crippen molar-refractivity contribution >= 4 is 20.8 Å². The van der Waals surface area contributed by atoms with Crippen LogP contribution < -0.4 is 5.32 Å². The zero-order valence-corrected chi connectivity index (χ0v) is 15.2. The van der Waals surface area contributed by atoms with Gasteiger partial charge in [0.1, 0.15) is 11.3 Å². The fraction of sp³-hybridized carbons (Fsp3) is 0.150. The van der Waals surface area contributed by atoms with Gasteiger partial charge in [-0.15, -0.1) is 0 Å². The SMILES string of the molecule is O=S(=O)(c1ccccc1)c1cc(-c2cn[nH]c2)c2oc3c(c2c1)CNCC3. The number of hydrogen-bond donors (Lipinski definition) is 2. The van der Waals surface area contributed by atoms with E-state index >= 15 is 0 Å². The Morgan fingerprint density at radius 1 is 1.07 bits per heavy atom. The van der Waals surface area contributed by atoms with Crippen LogP contribution in [0.3, 0.4) is 0 Å². The van der Waals surface area contributed by atoms with Gasteiger partial charge in [-0.3, -0.25) is 5.10 Å². The molecule has 6 nitrogen and oxygen atoms in total. The van der Waals surface area contributed by atoms with Gasteiger partial charge in [-0.2, -0.15) is 5.10 Å². The zero-order chi connectivity index (χ0) is 18.4. The van der Waals surface area contributed by atoms with E-state index in [2.05, 4.69) is 15.5 Å². The molecule has 1 aliphatic heterocycles. The van der Waals surface area contributed by atoms with Crippen LogP contribution in [0.1, 0.15) is 11.3 Å². The van der Waals surface area contributed by atoms with Crippen LogP contribution >= 0.6 is 0 Å². The van der Waals surface area contributed by atoms with Crippen molar-refractivity contribution in [3.63, 3.8) is 0 Å². The number of aromatic amines is 1. The summed E-state index contributed by atoms with van der Waals surface area (Å²) in [5.74, 6) is 0.919. The van der Waals surface area contributed by atoms with Crippen molar-refractivity contribution in [2.75, 3.05) is 6.54 Å². The fourth-order valence-electron chi connectivity index (χ4n) is 3.59. The van der Waals surface area contributed by atoms with Gasteiger partial charge in [0.15, 0.2) is 0 Å². The highest BCUT2D eigenvalue weighted by atomic mass is 32.2. The van der Waals surface area contributed by atoms with E-state index in [9.17, 15) is 8.42 Å². The van der Waals surface area contributed by atoms with Crippen LogP contribution in [0.5, 0.6) is 0 Å². The number of rotatable bonds is 3. The predicted molar refractivity (Wildman–Crippen MR) is 101 cm³/mol. The second kappa shape index (κ2) is 6.07. The van der Waals surface area contributed by atoms with Gasteiger partial charge in [-0.1, -0.05) is 18.2 Å². The van der Waals surface area contributed by atoms with E-state index in [1.165, 1.54) is 0 Å². The van der Waals surface area contributed by atoms with Gasteiger partial charge in [0.05, 0.1) is 16.0 Å². The summed E-state index contributed by atoms with van der Waals surface area (Å²) in [6.45, 7) is 1.52. The molecule has 136 valence electrons. The molecule has 0 saturated heterocycles. The highest BCUT2D eigenvalue weighted by molar-refractivity contribution is 7.91. The first-order valence-electron chi connectivity index (χ1n) is 8.73. The minimum Gasteiger partial charge on any atom is -0.460 e. The summed E-state index contributed by atoms with van der Waals surface area (Å²) in [6, 6.07) is 11.9. The van der Waals surface area contributed by atoms with Gasteiger partial charge < -0.3 is 9.73 Å². The summed E-state index contributed by atoms with van der Waals surface area (Å²) >= 11 is 0. The first-order valence-corrected chi connectivity index (χ1v) is 10.2. The Morgan fingerprint density at radius 2 is 1.93 bits per heavy atom. The molecule has 27 heavy (non-hydrogen) atoms. The molecule has 0 amide bonds. The van der Waals surface area contributed by atoms with Gasteiger partial charge in [0.2, 0.25) is 9.84 Å². The second-order valence-corrected chi connectivity index (χ2v) is 8.53. The Bertz CT molecular complexity index is 1230. The highest BCUT2D eigenvalue weighted by Crippen LogP contribution is 2.38. The lowest BCUT2D eigenvalue weighted by Crippen LogP contribution is -2.22. The molecule has 0 fully saturated rings. The van der Waals surface area contributed by atoms with E-state index in [-0.39, 0.29) is 9.79 Å². The van der Waals surface area contributed by atoms with Gasteiger partial charge >= 0.3 is 0 Å². The maximum Gasteiger partial charge on any atom is 0.206 e. The average molecular weight is 379 g/mol. The molecule has 1 aliphatic rings. The number of aromatic nitrogens is 2. The fourth-order valence-corrected chi connectivity index (χ4v) is 4.92. The lowest BCUT2D eigenvalue weighted by atomic mass is 10.0. The van der Waals surface area contributed by atoms with Crippen molar-refractivity contribution in [2.45, 2.75) is 22.8 Å². The van der Waals surface area contributed by atoms with Crippen LogP contribution in [0.25, 0.3) is 22.1 Å². The summed E-state index contributed by atoms with van der Waals surface area (Å²) < 4.78 is 32.6. The molecule has 7 heteroatoms. The Balaban J connectivity index is 1.82. The lowest BCUT2D eigenvalue weighted by Gasteiger charge is -2.11. The third kappa shape index (κ3) is 2.58. The van der Waals surface area contributed by atoms with Crippen LogP contribution in [0.15, 0.2) is 69.1 Å². The Labute approximate surface area is 156 Å². The third-order valence-corrected chi connectivity index (χ3v) is 6.70. The molecular formula is C20H17N3O3S. The molecule has 0 aliphatic carbocycles. The number of nitrogens with one attached hydrogen (secondary N) is 2. The van der Waals surface area contributed by atoms with E-state index in [0.29, 0.717) is 12.1 Å². The van der Waals surface area contributed by atoms with Crippen LogP contribution in [0.4, 0.5) is 0 Å². The topological polar surface area (TPSA) is 88.0 Å². The molecule has 0 spiro atoms. The molecule has 0 radical (unpaired) electrons. The normalized spacial score (nSPS) is 14.4. The number of H-pyrrole nitrogens is 1.